The molecule has 0 amide bonds. The smallest absolute Gasteiger partial charge is 0.160 e. The van der Waals surface area contributed by atoms with Crippen molar-refractivity contribution in [1.29, 1.82) is 0 Å². The van der Waals surface area contributed by atoms with Gasteiger partial charge >= 0.3 is 0 Å². The second-order valence-corrected chi connectivity index (χ2v) is 13.7. The topological polar surface area (TPSA) is 29.0 Å². The molecule has 2 aromatic heterocycles. The van der Waals surface area contributed by atoms with Crippen molar-refractivity contribution >= 4 is 59.0 Å². The molecule has 0 bridgehead atoms. The fourth-order valence-electron chi connectivity index (χ4n) is 7.66. The molecule has 0 radical (unpaired) electrons. The van der Waals surface area contributed by atoms with E-state index in [-0.39, 0.29) is 12.3 Å². The van der Waals surface area contributed by atoms with Gasteiger partial charge < -0.3 is 9.88 Å². The lowest BCUT2D eigenvalue weighted by molar-refractivity contribution is 0.417. The van der Waals surface area contributed by atoms with E-state index in [1.165, 1.54) is 75.4 Å². The highest BCUT2D eigenvalue weighted by Crippen LogP contribution is 2.45. The lowest BCUT2D eigenvalue weighted by Gasteiger charge is -2.36. The Balaban J connectivity index is 1.22. The number of aromatic nitrogens is 1. The van der Waals surface area contributed by atoms with E-state index in [2.05, 4.69) is 179 Å². The first-order valence-electron chi connectivity index (χ1n) is 16.5. The Morgan fingerprint density at radius 2 is 1.19 bits per heavy atom. The molecular formula is C44H31N3S. The molecule has 3 heterocycles. The maximum Gasteiger partial charge on any atom is 0.160 e. The summed E-state index contributed by atoms with van der Waals surface area (Å²) in [6.07, 6.45) is -0.178. The summed E-state index contributed by atoms with van der Waals surface area (Å²) in [5.74, 6) is 0. The summed E-state index contributed by atoms with van der Waals surface area (Å²) in [4.78, 5) is 0. The lowest BCUT2D eigenvalue weighted by Crippen LogP contribution is -2.40. The number of benzene rings is 7. The molecule has 0 saturated heterocycles. The second kappa shape index (κ2) is 11.0. The van der Waals surface area contributed by atoms with Gasteiger partial charge in [-0.2, -0.15) is 0 Å². The summed E-state index contributed by atoms with van der Waals surface area (Å²) in [7, 11) is 0. The van der Waals surface area contributed by atoms with Crippen molar-refractivity contribution in [2.24, 2.45) is 0 Å². The monoisotopic (exact) mass is 633 g/mol. The molecule has 228 valence electrons. The van der Waals surface area contributed by atoms with Crippen LogP contribution in [0.2, 0.25) is 0 Å². The van der Waals surface area contributed by atoms with Crippen LogP contribution < -0.4 is 10.6 Å². The maximum atomic E-state index is 4.03. The fraction of sp³-hybridized carbons (Fsp3) is 0.0455. The minimum atomic E-state index is -0.178. The molecular weight excluding hydrogens is 603 g/mol. The van der Waals surface area contributed by atoms with Crippen LogP contribution in [0.15, 0.2) is 164 Å². The lowest BCUT2D eigenvalue weighted by atomic mass is 9.95. The van der Waals surface area contributed by atoms with Crippen LogP contribution in [0.4, 0.5) is 5.69 Å². The van der Waals surface area contributed by atoms with E-state index in [9.17, 15) is 0 Å². The quantitative estimate of drug-likeness (QED) is 0.202. The highest BCUT2D eigenvalue weighted by molar-refractivity contribution is 7.26. The zero-order valence-electron chi connectivity index (χ0n) is 26.1. The summed E-state index contributed by atoms with van der Waals surface area (Å²) in [5.41, 5.74) is 10.9. The predicted molar refractivity (Wildman–Crippen MR) is 204 cm³/mol. The van der Waals surface area contributed by atoms with Gasteiger partial charge in [0.1, 0.15) is 0 Å². The number of para-hydroxylation sites is 1. The maximum absolute atomic E-state index is 4.03. The van der Waals surface area contributed by atoms with Crippen LogP contribution in [-0.2, 0) is 0 Å². The molecule has 4 heteroatoms. The fourth-order valence-corrected chi connectivity index (χ4v) is 8.91. The highest BCUT2D eigenvalue weighted by Gasteiger charge is 2.30. The largest absolute Gasteiger partial charge is 0.352 e. The third kappa shape index (κ3) is 4.31. The van der Waals surface area contributed by atoms with Crippen LogP contribution in [0.1, 0.15) is 23.5 Å². The second-order valence-electron chi connectivity index (χ2n) is 12.6. The Morgan fingerprint density at radius 1 is 0.500 bits per heavy atom. The van der Waals surface area contributed by atoms with Gasteiger partial charge in [-0.3, -0.25) is 5.32 Å². The van der Waals surface area contributed by atoms with Gasteiger partial charge in [0.15, 0.2) is 6.29 Å². The van der Waals surface area contributed by atoms with Gasteiger partial charge in [-0.15, -0.1) is 11.3 Å². The zero-order valence-corrected chi connectivity index (χ0v) is 26.9. The number of nitrogens with zero attached hydrogens (tertiary/aromatic N) is 1. The van der Waals surface area contributed by atoms with Crippen LogP contribution in [0.3, 0.4) is 0 Å². The molecule has 2 N–H and O–H groups in total. The average molecular weight is 634 g/mol. The SMILES string of the molecule is c1ccc(-c2cccc(-c3ccc4c5c6sc7ccccc7c6ccc5n(C5Nc6ccccc6C(c6ccccc6)N5)c4c3)c2)cc1. The number of hydrogen-bond donors (Lipinski definition) is 2. The number of nitrogens with one attached hydrogen (secondary N) is 2. The van der Waals surface area contributed by atoms with E-state index in [0.717, 1.165) is 5.69 Å². The normalized spacial score (nSPS) is 16.0. The Morgan fingerprint density at radius 3 is 2.06 bits per heavy atom. The summed E-state index contributed by atoms with van der Waals surface area (Å²) >= 11 is 1.90. The van der Waals surface area contributed by atoms with E-state index >= 15 is 0 Å². The third-order valence-electron chi connectivity index (χ3n) is 9.89. The van der Waals surface area contributed by atoms with Crippen LogP contribution >= 0.6 is 11.3 Å². The number of thiophene rings is 1. The summed E-state index contributed by atoms with van der Waals surface area (Å²) < 4.78 is 5.15. The van der Waals surface area contributed by atoms with Crippen molar-refractivity contribution in [3.05, 3.63) is 175 Å². The van der Waals surface area contributed by atoms with Gasteiger partial charge in [0.2, 0.25) is 0 Å². The van der Waals surface area contributed by atoms with Gasteiger partial charge in [0.05, 0.1) is 17.1 Å². The molecule has 2 atom stereocenters. The number of anilines is 1. The molecule has 7 aromatic carbocycles. The van der Waals surface area contributed by atoms with Gasteiger partial charge in [-0.1, -0.05) is 133 Å². The van der Waals surface area contributed by atoms with E-state index in [4.69, 9.17) is 0 Å². The van der Waals surface area contributed by atoms with E-state index < -0.39 is 0 Å². The molecule has 48 heavy (non-hydrogen) atoms. The van der Waals surface area contributed by atoms with Crippen molar-refractivity contribution in [2.45, 2.75) is 12.3 Å². The molecule has 10 rings (SSSR count). The minimum Gasteiger partial charge on any atom is -0.352 e. The van der Waals surface area contributed by atoms with Crippen LogP contribution in [0.5, 0.6) is 0 Å². The Hall–Kier alpha value is -5.68. The zero-order chi connectivity index (χ0) is 31.6. The minimum absolute atomic E-state index is 0.0416. The van der Waals surface area contributed by atoms with E-state index in [1.54, 1.807) is 0 Å². The van der Waals surface area contributed by atoms with Crippen molar-refractivity contribution in [1.82, 2.24) is 9.88 Å². The van der Waals surface area contributed by atoms with E-state index in [1.807, 2.05) is 11.3 Å². The van der Waals surface area contributed by atoms with Gasteiger partial charge in [-0.25, -0.2) is 0 Å². The van der Waals surface area contributed by atoms with Crippen LogP contribution in [0.25, 0.3) is 64.2 Å². The highest BCUT2D eigenvalue weighted by atomic mass is 32.1. The molecule has 9 aromatic rings. The molecule has 3 nitrogen and oxygen atoms in total. The molecule has 1 aliphatic heterocycles. The van der Waals surface area contributed by atoms with Gasteiger partial charge in [-0.05, 0) is 63.7 Å². The Bertz CT molecular complexity index is 2630. The molecule has 2 unspecified atom stereocenters. The van der Waals surface area contributed by atoms with Crippen LogP contribution in [0, 0.1) is 0 Å². The molecule has 0 spiro atoms. The number of hydrogen-bond acceptors (Lipinski definition) is 3. The molecule has 1 aliphatic rings. The Kier molecular flexibility index (Phi) is 6.26. The first-order valence-corrected chi connectivity index (χ1v) is 17.3. The predicted octanol–water partition coefficient (Wildman–Crippen LogP) is 11.8. The van der Waals surface area contributed by atoms with Gasteiger partial charge in [0.25, 0.3) is 0 Å². The molecule has 0 fully saturated rings. The first kappa shape index (κ1) is 27.4. The number of rotatable bonds is 4. The summed E-state index contributed by atoms with van der Waals surface area (Å²) in [6.45, 7) is 0. The van der Waals surface area contributed by atoms with Crippen molar-refractivity contribution in [3.63, 3.8) is 0 Å². The van der Waals surface area contributed by atoms with Crippen molar-refractivity contribution in [3.8, 4) is 22.3 Å². The molecule has 0 aliphatic carbocycles. The standard InChI is InChI=1S/C44H31N3S/c1-3-12-28(13-4-1)30-16-11-17-31(26-30)32-22-23-36-39(27-32)47(38-25-24-34-33-18-8-10-21-40(33)48-43(34)41(36)38)44-45-37-20-9-7-19-35(37)42(46-44)29-14-5-2-6-15-29/h1-27,42,44-46H. The van der Waals surface area contributed by atoms with Crippen molar-refractivity contribution in [2.75, 3.05) is 5.32 Å². The number of fused-ring (bicyclic) bond motifs is 8. The summed E-state index contributed by atoms with van der Waals surface area (Å²) in [6, 6.07) is 59.5. The Labute approximate surface area is 282 Å². The van der Waals surface area contributed by atoms with Gasteiger partial charge in [0, 0.05) is 36.6 Å². The van der Waals surface area contributed by atoms with Crippen LogP contribution in [-0.4, -0.2) is 4.57 Å². The summed E-state index contributed by atoms with van der Waals surface area (Å²) in [5, 5.41) is 13.2. The average Bonchev–Trinajstić information content (AvgIpc) is 3.70. The first-order chi connectivity index (χ1) is 23.8. The van der Waals surface area contributed by atoms with E-state index in [0.29, 0.717) is 0 Å². The third-order valence-corrected chi connectivity index (χ3v) is 11.1. The molecule has 0 saturated carbocycles. The van der Waals surface area contributed by atoms with Crippen molar-refractivity contribution < 1.29 is 0 Å².